The molecule has 0 spiro atoms. The molecule has 0 radical (unpaired) electrons. The Morgan fingerprint density at radius 2 is 2.30 bits per heavy atom. The third-order valence-electron chi connectivity index (χ3n) is 1.03. The summed E-state index contributed by atoms with van der Waals surface area (Å²) in [6.45, 7) is 3.82. The molecule has 0 aromatic rings. The summed E-state index contributed by atoms with van der Waals surface area (Å²) in [6.07, 6.45) is 0.686. The van der Waals surface area contributed by atoms with Gasteiger partial charge in [0.25, 0.3) is 0 Å². The summed E-state index contributed by atoms with van der Waals surface area (Å²) < 4.78 is 16.1. The molecule has 0 rings (SSSR count). The van der Waals surface area contributed by atoms with Crippen molar-refractivity contribution in [3.05, 3.63) is 0 Å². The molecular weight excluding hydrogens is 149 g/mol. The van der Waals surface area contributed by atoms with Crippen molar-refractivity contribution in [2.24, 2.45) is 0 Å². The minimum Gasteiger partial charge on any atom is -0.329 e. The first-order chi connectivity index (χ1) is 4.62. The van der Waals surface area contributed by atoms with Crippen LogP contribution in [0.1, 0.15) is 13.3 Å². The van der Waals surface area contributed by atoms with Gasteiger partial charge in [0.1, 0.15) is 0 Å². The molecule has 3 nitrogen and oxygen atoms in total. The van der Waals surface area contributed by atoms with Gasteiger partial charge < -0.3 is 4.52 Å². The van der Waals surface area contributed by atoms with E-state index in [4.69, 9.17) is 9.79 Å². The lowest BCUT2D eigenvalue weighted by Crippen LogP contribution is -1.92. The molecule has 0 aliphatic carbocycles. The second-order valence-electron chi connectivity index (χ2n) is 2.06. The van der Waals surface area contributed by atoms with Gasteiger partial charge in [0.15, 0.2) is 0 Å². The van der Waals surface area contributed by atoms with E-state index in [1.807, 2.05) is 6.07 Å². The molecule has 0 fully saturated rings. The minimum absolute atomic E-state index is 0.313. The summed E-state index contributed by atoms with van der Waals surface area (Å²) in [5.41, 5.74) is 0. The standard InChI is InChI=1S/C6H12NO2P/c1-3-9-10(2,8)6-4-5-7/h3-4,6H2,1-2H3. The van der Waals surface area contributed by atoms with E-state index in [9.17, 15) is 4.57 Å². The Hall–Kier alpha value is -0.320. The summed E-state index contributed by atoms with van der Waals surface area (Å²) in [4.78, 5) is 0. The topological polar surface area (TPSA) is 50.1 Å². The molecule has 0 aromatic carbocycles. The molecular formula is C6H12NO2P. The van der Waals surface area contributed by atoms with Crippen LogP contribution in [0, 0.1) is 11.3 Å². The van der Waals surface area contributed by atoms with Crippen molar-refractivity contribution in [1.29, 1.82) is 5.26 Å². The average Bonchev–Trinajstić information content (AvgIpc) is 1.84. The van der Waals surface area contributed by atoms with Crippen LogP contribution in [0.5, 0.6) is 0 Å². The normalized spacial score (nSPS) is 15.7. The predicted molar refractivity (Wildman–Crippen MR) is 40.3 cm³/mol. The second-order valence-corrected chi connectivity index (χ2v) is 4.80. The van der Waals surface area contributed by atoms with Crippen molar-refractivity contribution in [2.45, 2.75) is 13.3 Å². The molecule has 0 saturated carbocycles. The van der Waals surface area contributed by atoms with Gasteiger partial charge in [-0.2, -0.15) is 5.26 Å². The molecule has 4 heteroatoms. The number of hydrogen-bond acceptors (Lipinski definition) is 3. The quantitative estimate of drug-likeness (QED) is 0.591. The van der Waals surface area contributed by atoms with Crippen LogP contribution in [0.25, 0.3) is 0 Å². The van der Waals surface area contributed by atoms with Gasteiger partial charge in [-0.3, -0.25) is 4.57 Å². The van der Waals surface area contributed by atoms with Gasteiger partial charge in [-0.25, -0.2) is 0 Å². The second kappa shape index (κ2) is 4.49. The van der Waals surface area contributed by atoms with E-state index in [0.717, 1.165) is 0 Å². The highest BCUT2D eigenvalue weighted by Gasteiger charge is 2.13. The molecule has 0 aliphatic rings. The molecule has 0 amide bonds. The minimum atomic E-state index is -2.43. The van der Waals surface area contributed by atoms with E-state index in [0.29, 0.717) is 19.2 Å². The van der Waals surface area contributed by atoms with Crippen LogP contribution in [-0.4, -0.2) is 19.4 Å². The summed E-state index contributed by atoms with van der Waals surface area (Å²) in [6, 6.07) is 1.93. The monoisotopic (exact) mass is 161 g/mol. The zero-order valence-electron chi connectivity index (χ0n) is 6.33. The van der Waals surface area contributed by atoms with Gasteiger partial charge in [-0.1, -0.05) is 0 Å². The van der Waals surface area contributed by atoms with E-state index < -0.39 is 7.37 Å². The van der Waals surface area contributed by atoms with E-state index in [-0.39, 0.29) is 0 Å². The van der Waals surface area contributed by atoms with Crippen molar-refractivity contribution in [3.63, 3.8) is 0 Å². The SMILES string of the molecule is CCOP(C)(=O)CCC#N. The van der Waals surface area contributed by atoms with Crippen molar-refractivity contribution >= 4 is 7.37 Å². The zero-order chi connectivity index (χ0) is 8.04. The summed E-state index contributed by atoms with van der Waals surface area (Å²) in [7, 11) is -2.43. The smallest absolute Gasteiger partial charge is 0.201 e. The van der Waals surface area contributed by atoms with Crippen molar-refractivity contribution < 1.29 is 9.09 Å². The van der Waals surface area contributed by atoms with E-state index in [2.05, 4.69) is 0 Å². The first kappa shape index (κ1) is 9.68. The van der Waals surface area contributed by atoms with Crippen LogP contribution in [0.15, 0.2) is 0 Å². The lowest BCUT2D eigenvalue weighted by atomic mass is 10.6. The van der Waals surface area contributed by atoms with Crippen molar-refractivity contribution in [3.8, 4) is 6.07 Å². The fourth-order valence-electron chi connectivity index (χ4n) is 0.591. The summed E-state index contributed by atoms with van der Waals surface area (Å²) in [5, 5.41) is 8.17. The summed E-state index contributed by atoms with van der Waals surface area (Å²) >= 11 is 0. The molecule has 1 atom stereocenters. The van der Waals surface area contributed by atoms with Crippen LogP contribution in [0.4, 0.5) is 0 Å². The molecule has 0 aromatic heterocycles. The fraction of sp³-hybridized carbons (Fsp3) is 0.833. The average molecular weight is 161 g/mol. The van der Waals surface area contributed by atoms with Crippen LogP contribution < -0.4 is 0 Å². The molecule has 0 aliphatic heterocycles. The number of nitrogens with zero attached hydrogens (tertiary/aromatic N) is 1. The van der Waals surface area contributed by atoms with Gasteiger partial charge >= 0.3 is 0 Å². The Balaban J connectivity index is 3.67. The Labute approximate surface area is 61.4 Å². The van der Waals surface area contributed by atoms with Crippen molar-refractivity contribution in [2.75, 3.05) is 19.4 Å². The van der Waals surface area contributed by atoms with Crippen LogP contribution in [0.2, 0.25) is 0 Å². The number of nitriles is 1. The van der Waals surface area contributed by atoms with E-state index >= 15 is 0 Å². The predicted octanol–water partition coefficient (Wildman–Crippen LogP) is 1.84. The Kier molecular flexibility index (Phi) is 4.34. The fourth-order valence-corrected chi connectivity index (χ4v) is 1.77. The zero-order valence-corrected chi connectivity index (χ0v) is 7.23. The lowest BCUT2D eigenvalue weighted by molar-refractivity contribution is 0.337. The molecule has 0 saturated heterocycles. The molecule has 58 valence electrons. The maximum atomic E-state index is 11.2. The van der Waals surface area contributed by atoms with Crippen LogP contribution in [0.3, 0.4) is 0 Å². The first-order valence-electron chi connectivity index (χ1n) is 3.20. The van der Waals surface area contributed by atoms with E-state index in [1.54, 1.807) is 13.6 Å². The van der Waals surface area contributed by atoms with Gasteiger partial charge in [0, 0.05) is 19.2 Å². The molecule has 0 N–H and O–H groups in total. The molecule has 1 unspecified atom stereocenters. The first-order valence-corrected chi connectivity index (χ1v) is 5.46. The Bertz CT molecular complexity index is 173. The maximum absolute atomic E-state index is 11.2. The van der Waals surface area contributed by atoms with E-state index in [1.165, 1.54) is 0 Å². The van der Waals surface area contributed by atoms with Crippen LogP contribution in [-0.2, 0) is 9.09 Å². The van der Waals surface area contributed by atoms with Gasteiger partial charge in [-0.15, -0.1) is 0 Å². The van der Waals surface area contributed by atoms with Crippen LogP contribution >= 0.6 is 7.37 Å². The Morgan fingerprint density at radius 3 is 2.70 bits per heavy atom. The largest absolute Gasteiger partial charge is 0.329 e. The maximum Gasteiger partial charge on any atom is 0.201 e. The Morgan fingerprint density at radius 1 is 1.70 bits per heavy atom. The third-order valence-corrected chi connectivity index (χ3v) is 2.87. The lowest BCUT2D eigenvalue weighted by Gasteiger charge is -2.09. The number of rotatable bonds is 4. The molecule has 0 bridgehead atoms. The summed E-state index contributed by atoms with van der Waals surface area (Å²) in [5.74, 6) is 0. The van der Waals surface area contributed by atoms with Crippen molar-refractivity contribution in [1.82, 2.24) is 0 Å². The third kappa shape index (κ3) is 4.55. The van der Waals surface area contributed by atoms with Gasteiger partial charge in [0.05, 0.1) is 12.7 Å². The highest BCUT2D eigenvalue weighted by atomic mass is 31.2. The van der Waals surface area contributed by atoms with Gasteiger partial charge in [0.2, 0.25) is 7.37 Å². The highest BCUT2D eigenvalue weighted by molar-refractivity contribution is 7.58. The number of hydrogen-bond donors (Lipinski definition) is 0. The molecule has 10 heavy (non-hydrogen) atoms. The van der Waals surface area contributed by atoms with Gasteiger partial charge in [-0.05, 0) is 6.92 Å². The molecule has 0 heterocycles. The highest BCUT2D eigenvalue weighted by Crippen LogP contribution is 2.42.